The lowest BCUT2D eigenvalue weighted by molar-refractivity contribution is 0.0949. The fourth-order valence-corrected chi connectivity index (χ4v) is 1.84. The van der Waals surface area contributed by atoms with Gasteiger partial charge in [-0.3, -0.25) is 9.89 Å². The Morgan fingerprint density at radius 1 is 1.47 bits per heavy atom. The number of nitrogens with two attached hydrogens (primary N) is 1. The third-order valence-electron chi connectivity index (χ3n) is 2.84. The van der Waals surface area contributed by atoms with Crippen molar-refractivity contribution in [2.24, 2.45) is 0 Å². The second-order valence-electron chi connectivity index (χ2n) is 4.29. The molecule has 0 fully saturated rings. The second-order valence-corrected chi connectivity index (χ2v) is 4.29. The largest absolute Gasteiger partial charge is 0.399 e. The van der Waals surface area contributed by atoms with Gasteiger partial charge in [-0.05, 0) is 31.0 Å². The van der Waals surface area contributed by atoms with E-state index in [9.17, 15) is 4.79 Å². The van der Waals surface area contributed by atoms with Gasteiger partial charge in [-0.2, -0.15) is 5.10 Å². The van der Waals surface area contributed by atoms with Crippen LogP contribution in [0.15, 0.2) is 18.2 Å². The summed E-state index contributed by atoms with van der Waals surface area (Å²) in [5.41, 5.74) is 7.50. The summed E-state index contributed by atoms with van der Waals surface area (Å²) >= 11 is 0. The van der Waals surface area contributed by atoms with E-state index in [2.05, 4.69) is 21.4 Å². The number of aromatic amines is 1. The summed E-state index contributed by atoms with van der Waals surface area (Å²) in [5.74, 6) is 2.37. The van der Waals surface area contributed by atoms with Gasteiger partial charge < -0.3 is 11.1 Å². The quantitative estimate of drug-likeness (QED) is 0.432. The maximum atomic E-state index is 12.0. The van der Waals surface area contributed by atoms with Gasteiger partial charge in [0.25, 0.3) is 5.91 Å². The lowest BCUT2D eigenvalue weighted by atomic mass is 10.2. The molecular formula is C14H16N4O. The molecule has 0 aliphatic heterocycles. The van der Waals surface area contributed by atoms with Gasteiger partial charge in [0.2, 0.25) is 0 Å². The van der Waals surface area contributed by atoms with E-state index in [-0.39, 0.29) is 5.91 Å². The Bertz CT molecular complexity index is 624. The van der Waals surface area contributed by atoms with Crippen molar-refractivity contribution in [1.29, 1.82) is 0 Å². The molecule has 2 aromatic rings. The average Bonchev–Trinajstić information content (AvgIpc) is 2.81. The van der Waals surface area contributed by atoms with Crippen LogP contribution in [0.3, 0.4) is 0 Å². The molecule has 5 heteroatoms. The molecule has 0 atom stereocenters. The highest BCUT2D eigenvalue weighted by molar-refractivity contribution is 6.05. The number of terminal acetylenes is 1. The van der Waals surface area contributed by atoms with Crippen molar-refractivity contribution in [3.8, 4) is 12.3 Å². The number of amides is 1. The highest BCUT2D eigenvalue weighted by Gasteiger charge is 2.13. The van der Waals surface area contributed by atoms with E-state index in [1.54, 1.807) is 18.2 Å². The molecule has 19 heavy (non-hydrogen) atoms. The molecule has 1 heterocycles. The molecule has 2 rings (SSSR count). The molecule has 5 nitrogen and oxygen atoms in total. The standard InChI is InChI=1S/C14H16N4O/c1-2-3-4-5-8-16-14(19)13-11-9-10(15)6-7-12(11)17-18-13/h1,6-7,9H,3-5,8,15H2,(H,16,19)(H,17,18). The van der Waals surface area contributed by atoms with Crippen molar-refractivity contribution in [3.05, 3.63) is 23.9 Å². The first-order valence-corrected chi connectivity index (χ1v) is 6.17. The number of aromatic nitrogens is 2. The van der Waals surface area contributed by atoms with Gasteiger partial charge in [0.1, 0.15) is 0 Å². The SMILES string of the molecule is C#CCCCCNC(=O)c1n[nH]c2ccc(N)cc12. The number of carbonyl (C=O) groups is 1. The third-order valence-corrected chi connectivity index (χ3v) is 2.84. The molecule has 0 spiro atoms. The molecule has 0 radical (unpaired) electrons. The Morgan fingerprint density at radius 3 is 3.11 bits per heavy atom. The summed E-state index contributed by atoms with van der Waals surface area (Å²) in [6.45, 7) is 0.594. The molecule has 0 bridgehead atoms. The molecule has 4 N–H and O–H groups in total. The van der Waals surface area contributed by atoms with Crippen LogP contribution in [0.2, 0.25) is 0 Å². The molecule has 1 amide bonds. The lowest BCUT2D eigenvalue weighted by Gasteiger charge is -2.02. The lowest BCUT2D eigenvalue weighted by Crippen LogP contribution is -2.25. The summed E-state index contributed by atoms with van der Waals surface area (Å²) in [7, 11) is 0. The van der Waals surface area contributed by atoms with Crippen LogP contribution in [0.1, 0.15) is 29.8 Å². The fourth-order valence-electron chi connectivity index (χ4n) is 1.84. The van der Waals surface area contributed by atoms with E-state index in [0.29, 0.717) is 17.9 Å². The molecule has 0 saturated carbocycles. The number of anilines is 1. The average molecular weight is 256 g/mol. The van der Waals surface area contributed by atoms with Crippen LogP contribution in [0.5, 0.6) is 0 Å². The Balaban J connectivity index is 2.01. The van der Waals surface area contributed by atoms with Crippen molar-refractivity contribution in [2.45, 2.75) is 19.3 Å². The van der Waals surface area contributed by atoms with Crippen LogP contribution >= 0.6 is 0 Å². The van der Waals surface area contributed by atoms with E-state index >= 15 is 0 Å². The van der Waals surface area contributed by atoms with Gasteiger partial charge in [0.15, 0.2) is 5.69 Å². The monoisotopic (exact) mass is 256 g/mol. The predicted molar refractivity (Wildman–Crippen MR) is 75.5 cm³/mol. The number of fused-ring (bicyclic) bond motifs is 1. The normalized spacial score (nSPS) is 10.3. The number of hydrogen-bond donors (Lipinski definition) is 3. The number of H-pyrrole nitrogens is 1. The highest BCUT2D eigenvalue weighted by Crippen LogP contribution is 2.18. The van der Waals surface area contributed by atoms with Crippen LogP contribution in [-0.4, -0.2) is 22.6 Å². The van der Waals surface area contributed by atoms with Crippen molar-refractivity contribution in [1.82, 2.24) is 15.5 Å². The minimum absolute atomic E-state index is 0.197. The number of unbranched alkanes of at least 4 members (excludes halogenated alkanes) is 2. The van der Waals surface area contributed by atoms with Crippen LogP contribution in [0, 0.1) is 12.3 Å². The van der Waals surface area contributed by atoms with Crippen molar-refractivity contribution >= 4 is 22.5 Å². The van der Waals surface area contributed by atoms with Crippen LogP contribution in [-0.2, 0) is 0 Å². The molecule has 1 aromatic carbocycles. The molecular weight excluding hydrogens is 240 g/mol. The third kappa shape index (κ3) is 3.05. The number of nitrogen functional groups attached to an aromatic ring is 1. The van der Waals surface area contributed by atoms with Crippen molar-refractivity contribution in [2.75, 3.05) is 12.3 Å². The van der Waals surface area contributed by atoms with Gasteiger partial charge >= 0.3 is 0 Å². The first-order valence-electron chi connectivity index (χ1n) is 6.17. The van der Waals surface area contributed by atoms with Crippen LogP contribution < -0.4 is 11.1 Å². The number of nitrogens with zero attached hydrogens (tertiary/aromatic N) is 1. The number of nitrogens with one attached hydrogen (secondary N) is 2. The summed E-state index contributed by atoms with van der Waals surface area (Å²) in [5, 5.41) is 10.4. The number of hydrogen-bond acceptors (Lipinski definition) is 3. The van der Waals surface area contributed by atoms with E-state index in [1.807, 2.05) is 0 Å². The van der Waals surface area contributed by atoms with E-state index < -0.39 is 0 Å². The van der Waals surface area contributed by atoms with Gasteiger partial charge in [0.05, 0.1) is 5.52 Å². The summed E-state index contributed by atoms with van der Waals surface area (Å²) in [4.78, 5) is 12.0. The zero-order valence-corrected chi connectivity index (χ0v) is 10.6. The minimum Gasteiger partial charge on any atom is -0.399 e. The molecule has 1 aromatic heterocycles. The number of rotatable bonds is 5. The summed E-state index contributed by atoms with van der Waals surface area (Å²) in [6.07, 6.45) is 7.66. The van der Waals surface area contributed by atoms with Gasteiger partial charge in [-0.25, -0.2) is 0 Å². The molecule has 0 aliphatic carbocycles. The fraction of sp³-hybridized carbons (Fsp3) is 0.286. The first kappa shape index (κ1) is 13.0. The topological polar surface area (TPSA) is 83.8 Å². The Kier molecular flexibility index (Phi) is 4.04. The van der Waals surface area contributed by atoms with Gasteiger partial charge in [-0.15, -0.1) is 12.3 Å². The summed E-state index contributed by atoms with van der Waals surface area (Å²) < 4.78 is 0. The molecule has 0 saturated heterocycles. The Hall–Kier alpha value is -2.48. The zero-order chi connectivity index (χ0) is 13.7. The predicted octanol–water partition coefficient (Wildman–Crippen LogP) is 1.68. The van der Waals surface area contributed by atoms with Crippen LogP contribution in [0.25, 0.3) is 10.9 Å². The van der Waals surface area contributed by atoms with E-state index in [0.717, 1.165) is 30.2 Å². The number of carbonyl (C=O) groups excluding carboxylic acids is 1. The Morgan fingerprint density at radius 2 is 2.32 bits per heavy atom. The minimum atomic E-state index is -0.197. The number of benzene rings is 1. The summed E-state index contributed by atoms with van der Waals surface area (Å²) in [6, 6.07) is 5.31. The molecule has 98 valence electrons. The highest BCUT2D eigenvalue weighted by atomic mass is 16.1. The van der Waals surface area contributed by atoms with Crippen LogP contribution in [0.4, 0.5) is 5.69 Å². The van der Waals surface area contributed by atoms with Gasteiger partial charge in [-0.1, -0.05) is 0 Å². The van der Waals surface area contributed by atoms with Crippen molar-refractivity contribution in [3.63, 3.8) is 0 Å². The Labute approximate surface area is 111 Å². The van der Waals surface area contributed by atoms with Gasteiger partial charge in [0, 0.05) is 24.0 Å². The van der Waals surface area contributed by atoms with E-state index in [4.69, 9.17) is 12.2 Å². The molecule has 0 unspecified atom stereocenters. The second kappa shape index (κ2) is 5.91. The zero-order valence-electron chi connectivity index (χ0n) is 10.6. The smallest absolute Gasteiger partial charge is 0.272 e. The maximum Gasteiger partial charge on any atom is 0.272 e. The van der Waals surface area contributed by atoms with E-state index in [1.165, 1.54) is 0 Å². The maximum absolute atomic E-state index is 12.0. The van der Waals surface area contributed by atoms with Crippen molar-refractivity contribution < 1.29 is 4.79 Å². The first-order chi connectivity index (χ1) is 9.22. The molecule has 0 aliphatic rings.